The maximum absolute atomic E-state index is 11.3. The van der Waals surface area contributed by atoms with Crippen LogP contribution in [0.2, 0.25) is 0 Å². The quantitative estimate of drug-likeness (QED) is 0.587. The van der Waals surface area contributed by atoms with Crippen molar-refractivity contribution in [1.29, 1.82) is 0 Å². The number of ketones is 1. The lowest BCUT2D eigenvalue weighted by Crippen LogP contribution is -1.97. The first kappa shape index (κ1) is 7.31. The van der Waals surface area contributed by atoms with Crippen LogP contribution in [0.4, 0.5) is 0 Å². The molecule has 66 valence electrons. The van der Waals surface area contributed by atoms with Crippen molar-refractivity contribution in [2.75, 3.05) is 0 Å². The van der Waals surface area contributed by atoms with Crippen molar-refractivity contribution in [3.8, 4) is 0 Å². The third-order valence-electron chi connectivity index (χ3n) is 3.44. The molecule has 0 unspecified atom stereocenters. The van der Waals surface area contributed by atoms with E-state index in [0.717, 1.165) is 19.3 Å². The summed E-state index contributed by atoms with van der Waals surface area (Å²) in [6.45, 7) is 0. The molecule has 0 amide bonds. The highest BCUT2D eigenvalue weighted by Crippen LogP contribution is 2.46. The van der Waals surface area contributed by atoms with Crippen LogP contribution < -0.4 is 0 Å². The number of fused-ring (bicyclic) bond motifs is 3. The van der Waals surface area contributed by atoms with Crippen LogP contribution in [0.25, 0.3) is 0 Å². The summed E-state index contributed by atoms with van der Waals surface area (Å²) in [6, 6.07) is 8.59. The van der Waals surface area contributed by atoms with E-state index in [4.69, 9.17) is 0 Å². The molecule has 1 aromatic rings. The van der Waals surface area contributed by atoms with Gasteiger partial charge < -0.3 is 0 Å². The Morgan fingerprint density at radius 2 is 1.92 bits per heavy atom. The lowest BCUT2D eigenvalue weighted by molar-refractivity contribution is -0.117. The molecule has 1 fully saturated rings. The molecule has 2 atom stereocenters. The molecule has 2 aliphatic carbocycles. The maximum atomic E-state index is 11.3. The van der Waals surface area contributed by atoms with Crippen LogP contribution >= 0.6 is 0 Å². The summed E-state index contributed by atoms with van der Waals surface area (Å²) in [5.41, 5.74) is 2.92. The second kappa shape index (κ2) is 2.44. The first-order valence-corrected chi connectivity index (χ1v) is 4.94. The number of Topliss-reactive ketones (excluding diaryl/α,β-unsaturated/α-hetero) is 1. The van der Waals surface area contributed by atoms with Crippen molar-refractivity contribution in [3.63, 3.8) is 0 Å². The Bertz CT molecular complexity index is 367. The predicted molar refractivity (Wildman–Crippen MR) is 50.6 cm³/mol. The summed E-state index contributed by atoms with van der Waals surface area (Å²) in [4.78, 5) is 11.3. The summed E-state index contributed by atoms with van der Waals surface area (Å²) < 4.78 is 0. The highest BCUT2D eigenvalue weighted by atomic mass is 16.1. The molecule has 0 aliphatic heterocycles. The second-order valence-corrected chi connectivity index (χ2v) is 4.22. The minimum atomic E-state index is 0.463. The van der Waals surface area contributed by atoms with Gasteiger partial charge in [-0.2, -0.15) is 0 Å². The van der Waals surface area contributed by atoms with Crippen LogP contribution in [0.5, 0.6) is 0 Å². The van der Waals surface area contributed by atoms with Gasteiger partial charge in [-0.05, 0) is 29.4 Å². The zero-order valence-corrected chi connectivity index (χ0v) is 7.49. The summed E-state index contributed by atoms with van der Waals surface area (Å²) >= 11 is 0. The van der Waals surface area contributed by atoms with Crippen LogP contribution in [0.3, 0.4) is 0 Å². The smallest absolute Gasteiger partial charge is 0.133 e. The van der Waals surface area contributed by atoms with Crippen LogP contribution in [0.15, 0.2) is 24.3 Å². The number of benzene rings is 1. The fraction of sp³-hybridized carbons (Fsp3) is 0.417. The Balaban J connectivity index is 2.06. The van der Waals surface area contributed by atoms with Gasteiger partial charge in [0.05, 0.1) is 0 Å². The molecule has 0 spiro atoms. The van der Waals surface area contributed by atoms with E-state index in [9.17, 15) is 4.79 Å². The van der Waals surface area contributed by atoms with Crippen molar-refractivity contribution < 1.29 is 4.79 Å². The molecule has 0 saturated heterocycles. The van der Waals surface area contributed by atoms with E-state index in [1.807, 2.05) is 0 Å². The molecule has 2 aliphatic rings. The Morgan fingerprint density at radius 3 is 2.85 bits per heavy atom. The lowest BCUT2D eigenvalue weighted by atomic mass is 9.97. The molecule has 0 heterocycles. The number of hydrogen-bond donors (Lipinski definition) is 0. The first-order chi connectivity index (χ1) is 6.34. The number of rotatable bonds is 0. The van der Waals surface area contributed by atoms with E-state index in [0.29, 0.717) is 17.6 Å². The molecule has 3 rings (SSSR count). The standard InChI is InChI=1S/C12H12O/c13-10-6-9-5-8-3-1-2-4-11(8)12(9)7-10/h1-4,9,12H,5-7H2/t9-,12+/m1/s1. The Kier molecular flexibility index (Phi) is 1.37. The molecule has 1 heteroatoms. The third kappa shape index (κ3) is 0.963. The molecule has 0 aromatic heterocycles. The summed E-state index contributed by atoms with van der Waals surface area (Å²) in [6.07, 6.45) is 2.74. The van der Waals surface area contributed by atoms with Crippen LogP contribution in [0.1, 0.15) is 29.9 Å². The largest absolute Gasteiger partial charge is 0.300 e. The number of hydrogen-bond acceptors (Lipinski definition) is 1. The van der Waals surface area contributed by atoms with Gasteiger partial charge in [-0.25, -0.2) is 0 Å². The summed E-state index contributed by atoms with van der Waals surface area (Å²) in [7, 11) is 0. The minimum absolute atomic E-state index is 0.463. The average Bonchev–Trinajstić information content (AvgIpc) is 2.60. The van der Waals surface area contributed by atoms with Crippen LogP contribution in [0, 0.1) is 5.92 Å². The zero-order valence-electron chi connectivity index (χ0n) is 7.49. The van der Waals surface area contributed by atoms with Crippen molar-refractivity contribution in [1.82, 2.24) is 0 Å². The van der Waals surface area contributed by atoms with Crippen molar-refractivity contribution in [2.45, 2.75) is 25.2 Å². The Hall–Kier alpha value is -1.11. The zero-order chi connectivity index (χ0) is 8.84. The van der Waals surface area contributed by atoms with Gasteiger partial charge in [-0.3, -0.25) is 4.79 Å². The topological polar surface area (TPSA) is 17.1 Å². The molecule has 1 aromatic carbocycles. The molecular formula is C12H12O. The van der Waals surface area contributed by atoms with E-state index in [1.165, 1.54) is 11.1 Å². The first-order valence-electron chi connectivity index (χ1n) is 4.94. The number of carbonyl (C=O) groups excluding carboxylic acids is 1. The fourth-order valence-corrected chi connectivity index (χ4v) is 2.87. The third-order valence-corrected chi connectivity index (χ3v) is 3.44. The maximum Gasteiger partial charge on any atom is 0.133 e. The van der Waals surface area contributed by atoms with Crippen molar-refractivity contribution in [3.05, 3.63) is 35.4 Å². The molecular weight excluding hydrogens is 160 g/mol. The molecule has 1 saturated carbocycles. The molecule has 0 N–H and O–H groups in total. The van der Waals surface area contributed by atoms with Gasteiger partial charge in [0.2, 0.25) is 0 Å². The van der Waals surface area contributed by atoms with E-state index >= 15 is 0 Å². The summed E-state index contributed by atoms with van der Waals surface area (Å²) in [5.74, 6) is 1.65. The van der Waals surface area contributed by atoms with Crippen LogP contribution in [-0.2, 0) is 11.2 Å². The van der Waals surface area contributed by atoms with E-state index in [2.05, 4.69) is 24.3 Å². The normalized spacial score (nSPS) is 30.3. The highest BCUT2D eigenvalue weighted by Gasteiger charge is 2.39. The van der Waals surface area contributed by atoms with Gasteiger partial charge in [-0.15, -0.1) is 0 Å². The predicted octanol–water partition coefficient (Wildman–Crippen LogP) is 2.31. The van der Waals surface area contributed by atoms with Crippen molar-refractivity contribution in [2.24, 2.45) is 5.92 Å². The van der Waals surface area contributed by atoms with Gasteiger partial charge in [0.15, 0.2) is 0 Å². The van der Waals surface area contributed by atoms with Crippen LogP contribution in [-0.4, -0.2) is 5.78 Å². The lowest BCUT2D eigenvalue weighted by Gasteiger charge is -2.06. The average molecular weight is 172 g/mol. The fourth-order valence-electron chi connectivity index (χ4n) is 2.87. The SMILES string of the molecule is O=C1C[C@H]2Cc3ccccc3[C@H]2C1. The molecule has 1 nitrogen and oxygen atoms in total. The summed E-state index contributed by atoms with van der Waals surface area (Å²) in [5, 5.41) is 0. The van der Waals surface area contributed by atoms with Gasteiger partial charge in [-0.1, -0.05) is 24.3 Å². The molecule has 0 radical (unpaired) electrons. The van der Waals surface area contributed by atoms with Gasteiger partial charge in [0.25, 0.3) is 0 Å². The van der Waals surface area contributed by atoms with Gasteiger partial charge in [0.1, 0.15) is 5.78 Å². The molecule has 13 heavy (non-hydrogen) atoms. The van der Waals surface area contributed by atoms with Gasteiger partial charge in [0, 0.05) is 12.8 Å². The van der Waals surface area contributed by atoms with E-state index < -0.39 is 0 Å². The van der Waals surface area contributed by atoms with Gasteiger partial charge >= 0.3 is 0 Å². The second-order valence-electron chi connectivity index (χ2n) is 4.22. The number of carbonyl (C=O) groups is 1. The van der Waals surface area contributed by atoms with E-state index in [1.54, 1.807) is 0 Å². The highest BCUT2D eigenvalue weighted by molar-refractivity contribution is 5.83. The van der Waals surface area contributed by atoms with E-state index in [-0.39, 0.29) is 0 Å². The minimum Gasteiger partial charge on any atom is -0.300 e. The monoisotopic (exact) mass is 172 g/mol. The molecule has 0 bridgehead atoms. The Labute approximate surface area is 77.8 Å². The van der Waals surface area contributed by atoms with Crippen molar-refractivity contribution >= 4 is 5.78 Å². The Morgan fingerprint density at radius 1 is 1.08 bits per heavy atom.